The average molecular weight is 272 g/mol. The van der Waals surface area contributed by atoms with Crippen LogP contribution in [0.1, 0.15) is 11.7 Å². The molecule has 18 heavy (non-hydrogen) atoms. The van der Waals surface area contributed by atoms with E-state index >= 15 is 0 Å². The maximum absolute atomic E-state index is 5.47. The molecule has 1 aromatic heterocycles. The van der Waals surface area contributed by atoms with Gasteiger partial charge in [-0.05, 0) is 24.3 Å². The summed E-state index contributed by atoms with van der Waals surface area (Å²) < 4.78 is 15.4. The number of nitrogens with two attached hydrogens (primary N) is 1. The third kappa shape index (κ3) is 3.61. The standard InChI is InChI=1S/C11H13N3O3.ClH/c1-15-8-2-4-9(5-3-8)16-7-10-13-11(6-12)17-14-10;/h2-5H,6-7,12H2,1H3;1H. The highest BCUT2D eigenvalue weighted by Gasteiger charge is 2.05. The van der Waals surface area contributed by atoms with Crippen LogP contribution in [0.4, 0.5) is 0 Å². The molecule has 0 spiro atoms. The Labute approximate surface area is 110 Å². The van der Waals surface area contributed by atoms with Crippen LogP contribution in [-0.4, -0.2) is 17.3 Å². The minimum absolute atomic E-state index is 0. The number of hydrogen-bond acceptors (Lipinski definition) is 6. The van der Waals surface area contributed by atoms with Gasteiger partial charge in [0.2, 0.25) is 11.7 Å². The van der Waals surface area contributed by atoms with Crippen LogP contribution in [0, 0.1) is 0 Å². The minimum atomic E-state index is 0. The summed E-state index contributed by atoms with van der Waals surface area (Å²) in [5, 5.41) is 3.72. The Morgan fingerprint density at radius 1 is 1.22 bits per heavy atom. The first-order valence-electron chi connectivity index (χ1n) is 5.10. The highest BCUT2D eigenvalue weighted by atomic mass is 35.5. The van der Waals surface area contributed by atoms with Crippen LogP contribution in [0.5, 0.6) is 11.5 Å². The van der Waals surface area contributed by atoms with Crippen molar-refractivity contribution in [3.8, 4) is 11.5 Å². The molecule has 0 saturated carbocycles. The zero-order valence-electron chi connectivity index (χ0n) is 9.83. The van der Waals surface area contributed by atoms with Gasteiger partial charge in [0.05, 0.1) is 13.7 Å². The fourth-order valence-electron chi connectivity index (χ4n) is 1.25. The van der Waals surface area contributed by atoms with Gasteiger partial charge in [0, 0.05) is 0 Å². The molecule has 0 aliphatic carbocycles. The summed E-state index contributed by atoms with van der Waals surface area (Å²) in [4.78, 5) is 4.03. The lowest BCUT2D eigenvalue weighted by atomic mass is 10.3. The molecular formula is C11H14ClN3O3. The summed E-state index contributed by atoms with van der Waals surface area (Å²) in [5.74, 6) is 2.37. The van der Waals surface area contributed by atoms with Gasteiger partial charge in [-0.3, -0.25) is 0 Å². The fraction of sp³-hybridized carbons (Fsp3) is 0.273. The molecule has 0 saturated heterocycles. The van der Waals surface area contributed by atoms with Gasteiger partial charge in [-0.1, -0.05) is 5.16 Å². The zero-order valence-corrected chi connectivity index (χ0v) is 10.6. The normalized spacial score (nSPS) is 9.67. The number of ether oxygens (including phenoxy) is 2. The van der Waals surface area contributed by atoms with Crippen molar-refractivity contribution >= 4 is 12.4 Å². The second kappa shape index (κ2) is 6.83. The van der Waals surface area contributed by atoms with Crippen molar-refractivity contribution in [3.05, 3.63) is 36.0 Å². The molecular weight excluding hydrogens is 258 g/mol. The second-order valence-electron chi connectivity index (χ2n) is 3.27. The first kappa shape index (κ1) is 14.3. The van der Waals surface area contributed by atoms with Gasteiger partial charge >= 0.3 is 0 Å². The van der Waals surface area contributed by atoms with E-state index in [1.54, 1.807) is 7.11 Å². The predicted octanol–water partition coefficient (Wildman–Crippen LogP) is 1.54. The van der Waals surface area contributed by atoms with Gasteiger partial charge in [-0.25, -0.2) is 0 Å². The molecule has 2 rings (SSSR count). The van der Waals surface area contributed by atoms with Crippen LogP contribution in [0.2, 0.25) is 0 Å². The molecule has 0 radical (unpaired) electrons. The van der Waals surface area contributed by atoms with E-state index in [0.29, 0.717) is 17.5 Å². The van der Waals surface area contributed by atoms with Gasteiger partial charge in [0.15, 0.2) is 6.61 Å². The summed E-state index contributed by atoms with van der Waals surface area (Å²) in [6.45, 7) is 0.478. The van der Waals surface area contributed by atoms with Crippen molar-refractivity contribution in [3.63, 3.8) is 0 Å². The van der Waals surface area contributed by atoms with Crippen molar-refractivity contribution < 1.29 is 14.0 Å². The summed E-state index contributed by atoms with van der Waals surface area (Å²) in [5.41, 5.74) is 5.35. The first-order valence-corrected chi connectivity index (χ1v) is 5.10. The second-order valence-corrected chi connectivity index (χ2v) is 3.27. The van der Waals surface area contributed by atoms with E-state index in [2.05, 4.69) is 10.1 Å². The summed E-state index contributed by atoms with van der Waals surface area (Å²) in [7, 11) is 1.61. The van der Waals surface area contributed by atoms with E-state index in [-0.39, 0.29) is 25.6 Å². The molecule has 2 aromatic rings. The molecule has 0 amide bonds. The van der Waals surface area contributed by atoms with Crippen LogP contribution < -0.4 is 15.2 Å². The Morgan fingerprint density at radius 3 is 2.44 bits per heavy atom. The quantitative estimate of drug-likeness (QED) is 0.888. The van der Waals surface area contributed by atoms with E-state index in [4.69, 9.17) is 19.7 Å². The molecule has 1 aromatic carbocycles. The molecule has 6 nitrogen and oxygen atoms in total. The van der Waals surface area contributed by atoms with Crippen molar-refractivity contribution in [2.24, 2.45) is 5.73 Å². The highest BCUT2D eigenvalue weighted by molar-refractivity contribution is 5.85. The van der Waals surface area contributed by atoms with E-state index in [9.17, 15) is 0 Å². The molecule has 0 unspecified atom stereocenters. The molecule has 0 aliphatic rings. The van der Waals surface area contributed by atoms with E-state index in [0.717, 1.165) is 5.75 Å². The molecule has 0 atom stereocenters. The topological polar surface area (TPSA) is 83.4 Å². The smallest absolute Gasteiger partial charge is 0.240 e. The highest BCUT2D eigenvalue weighted by Crippen LogP contribution is 2.17. The molecule has 0 aliphatic heterocycles. The Balaban J connectivity index is 0.00000162. The molecule has 0 fully saturated rings. The molecule has 1 heterocycles. The zero-order chi connectivity index (χ0) is 12.1. The van der Waals surface area contributed by atoms with Crippen LogP contribution in [-0.2, 0) is 13.2 Å². The van der Waals surface area contributed by atoms with Crippen LogP contribution in [0.15, 0.2) is 28.8 Å². The molecule has 0 bridgehead atoms. The number of halogens is 1. The number of rotatable bonds is 5. The van der Waals surface area contributed by atoms with Crippen molar-refractivity contribution in [1.29, 1.82) is 0 Å². The van der Waals surface area contributed by atoms with E-state index in [1.807, 2.05) is 24.3 Å². The van der Waals surface area contributed by atoms with Crippen molar-refractivity contribution in [1.82, 2.24) is 10.1 Å². The van der Waals surface area contributed by atoms with E-state index < -0.39 is 0 Å². The summed E-state index contributed by atoms with van der Waals surface area (Å²) >= 11 is 0. The lowest BCUT2D eigenvalue weighted by Crippen LogP contribution is -1.99. The maximum Gasteiger partial charge on any atom is 0.240 e. The number of hydrogen-bond donors (Lipinski definition) is 1. The van der Waals surface area contributed by atoms with Gasteiger partial charge in [-0.15, -0.1) is 12.4 Å². The fourth-order valence-corrected chi connectivity index (χ4v) is 1.25. The molecule has 98 valence electrons. The number of methoxy groups -OCH3 is 1. The molecule has 7 heteroatoms. The van der Waals surface area contributed by atoms with Crippen molar-refractivity contribution in [2.45, 2.75) is 13.2 Å². The first-order chi connectivity index (χ1) is 8.31. The van der Waals surface area contributed by atoms with Gasteiger partial charge < -0.3 is 19.7 Å². The third-order valence-corrected chi connectivity index (χ3v) is 2.11. The van der Waals surface area contributed by atoms with Crippen LogP contribution in [0.25, 0.3) is 0 Å². The third-order valence-electron chi connectivity index (χ3n) is 2.11. The number of aromatic nitrogens is 2. The van der Waals surface area contributed by atoms with Crippen molar-refractivity contribution in [2.75, 3.05) is 7.11 Å². The summed E-state index contributed by atoms with van der Waals surface area (Å²) in [6, 6.07) is 7.25. The average Bonchev–Trinajstić information content (AvgIpc) is 2.85. The van der Waals surface area contributed by atoms with Crippen LogP contribution >= 0.6 is 12.4 Å². The SMILES string of the molecule is COc1ccc(OCc2noc(CN)n2)cc1.Cl. The minimum Gasteiger partial charge on any atom is -0.497 e. The number of nitrogens with zero attached hydrogens (tertiary/aromatic N) is 2. The lowest BCUT2D eigenvalue weighted by molar-refractivity contribution is 0.284. The summed E-state index contributed by atoms with van der Waals surface area (Å²) in [6.07, 6.45) is 0. The van der Waals surface area contributed by atoms with Gasteiger partial charge in [0.25, 0.3) is 0 Å². The van der Waals surface area contributed by atoms with Gasteiger partial charge in [0.1, 0.15) is 11.5 Å². The maximum atomic E-state index is 5.47. The Kier molecular flexibility index (Phi) is 5.41. The molecule has 2 N–H and O–H groups in total. The Bertz CT molecular complexity index is 473. The lowest BCUT2D eigenvalue weighted by Gasteiger charge is -2.04. The Morgan fingerprint density at radius 2 is 1.89 bits per heavy atom. The monoisotopic (exact) mass is 271 g/mol. The van der Waals surface area contributed by atoms with Gasteiger partial charge in [-0.2, -0.15) is 4.98 Å². The van der Waals surface area contributed by atoms with Crippen LogP contribution in [0.3, 0.4) is 0 Å². The Hall–Kier alpha value is -1.79. The predicted molar refractivity (Wildman–Crippen MR) is 66.8 cm³/mol. The van der Waals surface area contributed by atoms with E-state index in [1.165, 1.54) is 0 Å². The number of benzene rings is 1. The largest absolute Gasteiger partial charge is 0.497 e.